The van der Waals surface area contributed by atoms with E-state index in [2.05, 4.69) is 15.1 Å². The predicted octanol–water partition coefficient (Wildman–Crippen LogP) is 4.39. The largest absolute Gasteiger partial charge is 0.333 e. The quantitative estimate of drug-likeness (QED) is 0.382. The zero-order valence-corrected chi connectivity index (χ0v) is 19.6. The number of aromatic nitrogens is 4. The standard InChI is InChI=1S/C27H23N5O3/c1-17-9-12-19(13-10-17)25-29-27(35-30-25)22-15-32(26-21(24(22)34)14-11-18(2)28-26)16-23(33)31(3)20-7-5-4-6-8-20/h4-15H,16H2,1-3H3. The lowest BCUT2D eigenvalue weighted by atomic mass is 10.1. The molecule has 0 saturated carbocycles. The predicted molar refractivity (Wildman–Crippen MR) is 134 cm³/mol. The summed E-state index contributed by atoms with van der Waals surface area (Å²) < 4.78 is 7.14. The SMILES string of the molecule is Cc1ccc(-c2noc(-c3cn(CC(=O)N(C)c4ccccc4)c4nc(C)ccc4c3=O)n2)cc1. The maximum atomic E-state index is 13.3. The van der Waals surface area contributed by atoms with Gasteiger partial charge in [-0.3, -0.25) is 9.59 Å². The summed E-state index contributed by atoms with van der Waals surface area (Å²) in [5.74, 6) is 0.305. The van der Waals surface area contributed by atoms with Crippen LogP contribution in [0.25, 0.3) is 33.9 Å². The second kappa shape index (κ2) is 8.98. The molecule has 1 amide bonds. The molecule has 0 radical (unpaired) electrons. The molecule has 5 aromatic rings. The van der Waals surface area contributed by atoms with Crippen molar-refractivity contribution in [3.8, 4) is 22.8 Å². The number of nitrogens with zero attached hydrogens (tertiary/aromatic N) is 5. The van der Waals surface area contributed by atoms with Crippen LogP contribution in [0, 0.1) is 13.8 Å². The van der Waals surface area contributed by atoms with Crippen LogP contribution in [0.4, 0.5) is 5.69 Å². The van der Waals surface area contributed by atoms with Gasteiger partial charge in [0.1, 0.15) is 17.8 Å². The van der Waals surface area contributed by atoms with Gasteiger partial charge in [0.2, 0.25) is 17.2 Å². The van der Waals surface area contributed by atoms with Crippen molar-refractivity contribution < 1.29 is 9.32 Å². The lowest BCUT2D eigenvalue weighted by molar-refractivity contribution is -0.118. The summed E-state index contributed by atoms with van der Waals surface area (Å²) in [6.45, 7) is 3.81. The molecular weight excluding hydrogens is 442 g/mol. The van der Waals surface area contributed by atoms with Gasteiger partial charge in [-0.2, -0.15) is 4.98 Å². The zero-order valence-electron chi connectivity index (χ0n) is 19.6. The molecule has 0 unspecified atom stereocenters. The number of aryl methyl sites for hydroxylation is 2. The zero-order chi connectivity index (χ0) is 24.5. The minimum Gasteiger partial charge on any atom is -0.333 e. The first-order chi connectivity index (χ1) is 16.9. The summed E-state index contributed by atoms with van der Waals surface area (Å²) in [6.07, 6.45) is 1.57. The van der Waals surface area contributed by atoms with Crippen molar-refractivity contribution in [1.82, 2.24) is 19.7 Å². The minimum atomic E-state index is -0.285. The Balaban J connectivity index is 1.58. The third kappa shape index (κ3) is 4.33. The van der Waals surface area contributed by atoms with Crippen LogP contribution in [0.2, 0.25) is 0 Å². The summed E-state index contributed by atoms with van der Waals surface area (Å²) in [7, 11) is 1.72. The highest BCUT2D eigenvalue weighted by Crippen LogP contribution is 2.23. The van der Waals surface area contributed by atoms with E-state index in [9.17, 15) is 9.59 Å². The number of carbonyl (C=O) groups is 1. The van der Waals surface area contributed by atoms with Crippen molar-refractivity contribution in [1.29, 1.82) is 0 Å². The first-order valence-electron chi connectivity index (χ1n) is 11.1. The molecule has 5 rings (SSSR count). The number of carbonyl (C=O) groups excluding carboxylic acids is 1. The van der Waals surface area contributed by atoms with E-state index >= 15 is 0 Å². The molecule has 3 aromatic heterocycles. The van der Waals surface area contributed by atoms with Crippen LogP contribution >= 0.6 is 0 Å². The third-order valence-electron chi connectivity index (χ3n) is 5.85. The molecule has 0 aliphatic heterocycles. The molecular formula is C27H23N5O3. The Morgan fingerprint density at radius 1 is 0.971 bits per heavy atom. The molecule has 0 atom stereocenters. The average molecular weight is 466 g/mol. The highest BCUT2D eigenvalue weighted by atomic mass is 16.5. The highest BCUT2D eigenvalue weighted by molar-refractivity contribution is 5.93. The van der Waals surface area contributed by atoms with Gasteiger partial charge in [-0.15, -0.1) is 0 Å². The molecule has 3 heterocycles. The van der Waals surface area contributed by atoms with Crippen LogP contribution in [0.1, 0.15) is 11.3 Å². The molecule has 0 N–H and O–H groups in total. The van der Waals surface area contributed by atoms with Crippen molar-refractivity contribution in [2.24, 2.45) is 0 Å². The van der Waals surface area contributed by atoms with Gasteiger partial charge in [-0.25, -0.2) is 4.98 Å². The Kier molecular flexibility index (Phi) is 5.70. The van der Waals surface area contributed by atoms with Crippen molar-refractivity contribution in [3.63, 3.8) is 0 Å². The number of para-hydroxylation sites is 1. The van der Waals surface area contributed by atoms with Gasteiger partial charge >= 0.3 is 0 Å². The van der Waals surface area contributed by atoms with Crippen LogP contribution in [0.3, 0.4) is 0 Å². The topological polar surface area (TPSA) is 94.1 Å². The Hall–Kier alpha value is -4.59. The number of amides is 1. The molecule has 0 bridgehead atoms. The van der Waals surface area contributed by atoms with E-state index in [1.54, 1.807) is 34.8 Å². The molecule has 0 aliphatic rings. The highest BCUT2D eigenvalue weighted by Gasteiger charge is 2.20. The molecule has 35 heavy (non-hydrogen) atoms. The number of pyridine rings is 2. The smallest absolute Gasteiger partial charge is 0.263 e. The summed E-state index contributed by atoms with van der Waals surface area (Å²) in [5.41, 5.74) is 3.75. The van der Waals surface area contributed by atoms with Crippen molar-refractivity contribution in [2.45, 2.75) is 20.4 Å². The molecule has 2 aromatic carbocycles. The van der Waals surface area contributed by atoms with Crippen molar-refractivity contribution in [3.05, 3.63) is 94.4 Å². The van der Waals surface area contributed by atoms with E-state index in [-0.39, 0.29) is 29.3 Å². The third-order valence-corrected chi connectivity index (χ3v) is 5.85. The molecule has 0 spiro atoms. The second-order valence-corrected chi connectivity index (χ2v) is 8.40. The van der Waals surface area contributed by atoms with Gasteiger partial charge < -0.3 is 14.0 Å². The van der Waals surface area contributed by atoms with Crippen LogP contribution < -0.4 is 10.3 Å². The van der Waals surface area contributed by atoms with E-state index in [1.807, 2.05) is 68.4 Å². The average Bonchev–Trinajstić information content (AvgIpc) is 3.36. The Morgan fingerprint density at radius 3 is 2.46 bits per heavy atom. The van der Waals surface area contributed by atoms with Crippen LogP contribution in [-0.2, 0) is 11.3 Å². The molecule has 0 aliphatic carbocycles. The number of anilines is 1. The summed E-state index contributed by atoms with van der Waals surface area (Å²) >= 11 is 0. The van der Waals surface area contributed by atoms with E-state index in [0.717, 1.165) is 22.5 Å². The van der Waals surface area contributed by atoms with Gasteiger partial charge in [-0.05, 0) is 38.1 Å². The fourth-order valence-corrected chi connectivity index (χ4v) is 3.83. The molecule has 0 fully saturated rings. The van der Waals surface area contributed by atoms with E-state index in [1.165, 1.54) is 0 Å². The number of hydrogen-bond acceptors (Lipinski definition) is 6. The van der Waals surface area contributed by atoms with Gasteiger partial charge in [0, 0.05) is 30.2 Å². The Labute approximate surface area is 201 Å². The fraction of sp³-hybridized carbons (Fsp3) is 0.148. The number of rotatable bonds is 5. The van der Waals surface area contributed by atoms with Gasteiger partial charge in [0.25, 0.3) is 5.89 Å². The number of likely N-dealkylation sites (N-methyl/N-ethyl adjacent to an activating group) is 1. The first-order valence-corrected chi connectivity index (χ1v) is 11.1. The molecule has 8 nitrogen and oxygen atoms in total. The van der Waals surface area contributed by atoms with Gasteiger partial charge in [-0.1, -0.05) is 53.2 Å². The Bertz CT molecular complexity index is 1590. The summed E-state index contributed by atoms with van der Waals surface area (Å²) in [6, 6.07) is 20.5. The van der Waals surface area contributed by atoms with Crippen LogP contribution in [-0.4, -0.2) is 32.6 Å². The molecule has 8 heteroatoms. The number of benzene rings is 2. The lowest BCUT2D eigenvalue weighted by Crippen LogP contribution is -2.30. The van der Waals surface area contributed by atoms with Gasteiger partial charge in [0.05, 0.1) is 5.39 Å². The van der Waals surface area contributed by atoms with Crippen LogP contribution in [0.15, 0.2) is 82.2 Å². The van der Waals surface area contributed by atoms with Gasteiger partial charge in [0.15, 0.2) is 0 Å². The van der Waals surface area contributed by atoms with Crippen LogP contribution in [0.5, 0.6) is 0 Å². The molecule has 0 saturated heterocycles. The summed E-state index contributed by atoms with van der Waals surface area (Å²) in [5, 5.41) is 4.43. The fourth-order valence-electron chi connectivity index (χ4n) is 3.83. The minimum absolute atomic E-state index is 0.0232. The number of fused-ring (bicyclic) bond motifs is 1. The maximum Gasteiger partial charge on any atom is 0.263 e. The maximum absolute atomic E-state index is 13.3. The van der Waals surface area contributed by atoms with E-state index in [4.69, 9.17) is 4.52 Å². The second-order valence-electron chi connectivity index (χ2n) is 8.40. The molecule has 174 valence electrons. The van der Waals surface area contributed by atoms with E-state index < -0.39 is 0 Å². The van der Waals surface area contributed by atoms with E-state index in [0.29, 0.717) is 16.9 Å². The first kappa shape index (κ1) is 22.2. The lowest BCUT2D eigenvalue weighted by Gasteiger charge is -2.19. The van der Waals surface area contributed by atoms with Crippen molar-refractivity contribution in [2.75, 3.05) is 11.9 Å². The number of hydrogen-bond donors (Lipinski definition) is 0. The normalized spacial score (nSPS) is 11.1. The van der Waals surface area contributed by atoms with Crippen molar-refractivity contribution >= 4 is 22.6 Å². The Morgan fingerprint density at radius 2 is 1.71 bits per heavy atom. The summed E-state index contributed by atoms with van der Waals surface area (Å²) in [4.78, 5) is 37.1. The monoisotopic (exact) mass is 465 g/mol.